The fourth-order valence-electron chi connectivity index (χ4n) is 4.34. The molecule has 39 heavy (non-hydrogen) atoms. The zero-order chi connectivity index (χ0) is 28.6. The normalized spacial score (nSPS) is 12.4. The van der Waals surface area contributed by atoms with Crippen LogP contribution >= 0.6 is 0 Å². The van der Waals surface area contributed by atoms with Gasteiger partial charge in [-0.15, -0.1) is 0 Å². The van der Waals surface area contributed by atoms with Gasteiger partial charge in [-0.1, -0.05) is 42.5 Å². The second kappa shape index (κ2) is 13.4. The van der Waals surface area contributed by atoms with Gasteiger partial charge in [0.15, 0.2) is 11.5 Å². The minimum atomic E-state index is -4.37. The lowest BCUT2D eigenvalue weighted by Crippen LogP contribution is -2.40. The van der Waals surface area contributed by atoms with Crippen LogP contribution in [-0.4, -0.2) is 31.7 Å². The van der Waals surface area contributed by atoms with Gasteiger partial charge in [0.25, 0.3) is 0 Å². The van der Waals surface area contributed by atoms with E-state index in [-0.39, 0.29) is 18.1 Å². The molecule has 1 atom stereocenters. The van der Waals surface area contributed by atoms with Crippen molar-refractivity contribution in [2.24, 2.45) is 0 Å². The van der Waals surface area contributed by atoms with Gasteiger partial charge in [-0.25, -0.2) is 0 Å². The third kappa shape index (κ3) is 8.40. The molecule has 210 valence electrons. The van der Waals surface area contributed by atoms with Crippen molar-refractivity contribution in [3.63, 3.8) is 0 Å². The van der Waals surface area contributed by atoms with E-state index in [1.165, 1.54) is 12.1 Å². The molecule has 0 radical (unpaired) electrons. The first-order valence-corrected chi connectivity index (χ1v) is 13.2. The number of carbonyl (C=O) groups is 1. The fraction of sp³-hybridized carbons (Fsp3) is 0.387. The van der Waals surface area contributed by atoms with Crippen LogP contribution in [0.2, 0.25) is 0 Å². The number of aryl methyl sites for hydroxylation is 1. The smallest absolute Gasteiger partial charge is 0.416 e. The lowest BCUT2D eigenvalue weighted by Gasteiger charge is -2.33. The number of anilines is 1. The quantitative estimate of drug-likeness (QED) is 0.263. The SMILES string of the molecule is CNC(=O)[C@H](c1ccccc1)N(CCCc1ccc(C(F)(F)F)cc1)c1ccc(OC(C)C)c(OC(C)C)c1. The highest BCUT2D eigenvalue weighted by atomic mass is 19.4. The van der Waals surface area contributed by atoms with Gasteiger partial charge >= 0.3 is 6.18 Å². The Morgan fingerprint density at radius 2 is 1.49 bits per heavy atom. The van der Waals surface area contributed by atoms with E-state index in [1.54, 1.807) is 7.05 Å². The van der Waals surface area contributed by atoms with Crippen molar-refractivity contribution in [1.29, 1.82) is 0 Å². The molecular weight excluding hydrogens is 505 g/mol. The maximum Gasteiger partial charge on any atom is 0.416 e. The molecule has 1 amide bonds. The Bertz CT molecular complexity index is 1200. The van der Waals surface area contributed by atoms with Crippen LogP contribution in [0.1, 0.15) is 56.8 Å². The largest absolute Gasteiger partial charge is 0.487 e. The number of nitrogens with one attached hydrogen (secondary N) is 1. The molecule has 0 saturated heterocycles. The number of likely N-dealkylation sites (N-methyl/N-ethyl adjacent to an activating group) is 1. The van der Waals surface area contributed by atoms with Gasteiger partial charge in [0.1, 0.15) is 6.04 Å². The van der Waals surface area contributed by atoms with Crippen molar-refractivity contribution >= 4 is 11.6 Å². The number of amides is 1. The third-order valence-electron chi connectivity index (χ3n) is 6.05. The number of benzene rings is 3. The molecule has 3 aromatic carbocycles. The average molecular weight is 543 g/mol. The first-order chi connectivity index (χ1) is 18.5. The summed E-state index contributed by atoms with van der Waals surface area (Å²) in [6.07, 6.45) is -3.35. The molecule has 1 N–H and O–H groups in total. The summed E-state index contributed by atoms with van der Waals surface area (Å²) in [7, 11) is 1.60. The van der Waals surface area contributed by atoms with Crippen molar-refractivity contribution in [2.45, 2.75) is 65.0 Å². The number of hydrogen-bond donors (Lipinski definition) is 1. The molecular formula is C31H37F3N2O3. The fourth-order valence-corrected chi connectivity index (χ4v) is 4.34. The second-order valence-electron chi connectivity index (χ2n) is 9.88. The van der Waals surface area contributed by atoms with Crippen LogP contribution in [-0.2, 0) is 17.4 Å². The molecule has 0 bridgehead atoms. The molecule has 0 spiro atoms. The summed E-state index contributed by atoms with van der Waals surface area (Å²) in [5.41, 5.74) is 1.72. The van der Waals surface area contributed by atoms with Crippen molar-refractivity contribution in [3.8, 4) is 11.5 Å². The summed E-state index contributed by atoms with van der Waals surface area (Å²) in [4.78, 5) is 15.3. The van der Waals surface area contributed by atoms with Gasteiger partial charge in [-0.3, -0.25) is 4.79 Å². The van der Waals surface area contributed by atoms with Crippen LogP contribution in [0.25, 0.3) is 0 Å². The molecule has 0 aliphatic heterocycles. The Morgan fingerprint density at radius 3 is 2.05 bits per heavy atom. The number of halogens is 3. The first-order valence-electron chi connectivity index (χ1n) is 13.2. The van der Waals surface area contributed by atoms with Crippen molar-refractivity contribution < 1.29 is 27.4 Å². The predicted molar refractivity (Wildman–Crippen MR) is 148 cm³/mol. The van der Waals surface area contributed by atoms with Gasteiger partial charge in [0, 0.05) is 25.3 Å². The number of ether oxygens (including phenoxy) is 2. The van der Waals surface area contributed by atoms with Gasteiger partial charge in [-0.2, -0.15) is 13.2 Å². The lowest BCUT2D eigenvalue weighted by atomic mass is 10.0. The van der Waals surface area contributed by atoms with Gasteiger partial charge in [0.2, 0.25) is 5.91 Å². The molecule has 0 heterocycles. The number of rotatable bonds is 12. The van der Waals surface area contributed by atoms with E-state index in [2.05, 4.69) is 5.32 Å². The number of carbonyl (C=O) groups excluding carboxylic acids is 1. The zero-order valence-corrected chi connectivity index (χ0v) is 23.1. The van der Waals surface area contributed by atoms with Gasteiger partial charge in [0.05, 0.1) is 17.8 Å². The molecule has 0 saturated carbocycles. The standard InChI is InChI=1S/C31H37F3N2O3/c1-21(2)38-27-18-17-26(20-28(27)39-22(3)4)36(29(30(37)35-5)24-11-7-6-8-12-24)19-9-10-23-13-15-25(16-14-23)31(32,33)34/h6-8,11-18,20-22,29H,9-10,19H2,1-5H3,(H,35,37)/t29-/m0/s1. The van der Waals surface area contributed by atoms with E-state index in [9.17, 15) is 18.0 Å². The first kappa shape index (κ1) is 29.9. The molecule has 0 aliphatic rings. The highest BCUT2D eigenvalue weighted by Crippen LogP contribution is 2.37. The Labute approximate surface area is 228 Å². The summed E-state index contributed by atoms with van der Waals surface area (Å²) < 4.78 is 51.0. The summed E-state index contributed by atoms with van der Waals surface area (Å²) in [5.74, 6) is 1.01. The summed E-state index contributed by atoms with van der Waals surface area (Å²) in [5, 5.41) is 2.78. The van der Waals surface area contributed by atoms with Crippen molar-refractivity contribution in [2.75, 3.05) is 18.5 Å². The maximum atomic E-state index is 13.3. The van der Waals surface area contributed by atoms with Crippen LogP contribution in [0, 0.1) is 0 Å². The monoisotopic (exact) mass is 542 g/mol. The number of hydrogen-bond acceptors (Lipinski definition) is 4. The van der Waals surface area contributed by atoms with E-state index < -0.39 is 17.8 Å². The summed E-state index contributed by atoms with van der Waals surface area (Å²) in [6, 6.07) is 19.7. The van der Waals surface area contributed by atoms with Crippen LogP contribution in [0.5, 0.6) is 11.5 Å². The van der Waals surface area contributed by atoms with E-state index in [0.717, 1.165) is 28.9 Å². The highest BCUT2D eigenvalue weighted by Gasteiger charge is 2.30. The molecule has 0 fully saturated rings. The van der Waals surface area contributed by atoms with E-state index in [0.29, 0.717) is 30.9 Å². The summed E-state index contributed by atoms with van der Waals surface area (Å²) in [6.45, 7) is 8.23. The van der Waals surface area contributed by atoms with E-state index >= 15 is 0 Å². The number of alkyl halides is 3. The predicted octanol–water partition coefficient (Wildman–Crippen LogP) is 7.21. The minimum Gasteiger partial charge on any atom is -0.487 e. The Hall–Kier alpha value is -3.68. The molecule has 0 unspecified atom stereocenters. The molecule has 8 heteroatoms. The van der Waals surface area contributed by atoms with Crippen molar-refractivity contribution in [1.82, 2.24) is 5.32 Å². The Morgan fingerprint density at radius 1 is 0.872 bits per heavy atom. The second-order valence-corrected chi connectivity index (χ2v) is 9.88. The molecule has 5 nitrogen and oxygen atoms in total. The maximum absolute atomic E-state index is 13.3. The van der Waals surface area contributed by atoms with Crippen LogP contribution in [0.4, 0.5) is 18.9 Å². The average Bonchev–Trinajstić information content (AvgIpc) is 2.88. The van der Waals surface area contributed by atoms with E-state index in [1.807, 2.05) is 81.1 Å². The van der Waals surface area contributed by atoms with Gasteiger partial charge < -0.3 is 19.7 Å². The van der Waals surface area contributed by atoms with Crippen LogP contribution in [0.3, 0.4) is 0 Å². The van der Waals surface area contributed by atoms with E-state index in [4.69, 9.17) is 9.47 Å². The van der Waals surface area contributed by atoms with Crippen molar-refractivity contribution in [3.05, 3.63) is 89.5 Å². The molecule has 0 aliphatic carbocycles. The van der Waals surface area contributed by atoms with Crippen LogP contribution in [0.15, 0.2) is 72.8 Å². The Kier molecular flexibility index (Phi) is 10.3. The van der Waals surface area contributed by atoms with Gasteiger partial charge in [-0.05, 0) is 75.9 Å². The zero-order valence-electron chi connectivity index (χ0n) is 23.1. The third-order valence-corrected chi connectivity index (χ3v) is 6.05. The summed E-state index contributed by atoms with van der Waals surface area (Å²) >= 11 is 0. The highest BCUT2D eigenvalue weighted by molar-refractivity contribution is 5.86. The van der Waals surface area contributed by atoms with Crippen LogP contribution < -0.4 is 19.7 Å². The lowest BCUT2D eigenvalue weighted by molar-refractivity contribution is -0.137. The Balaban J connectivity index is 1.97. The topological polar surface area (TPSA) is 50.8 Å². The number of nitrogens with zero attached hydrogens (tertiary/aromatic N) is 1. The molecule has 3 aromatic rings. The molecule has 0 aromatic heterocycles. The minimum absolute atomic E-state index is 0.0480. The molecule has 3 rings (SSSR count).